The zero-order valence-corrected chi connectivity index (χ0v) is 13.9. The zero-order chi connectivity index (χ0) is 14.4. The molecule has 1 aliphatic rings. The molecule has 1 heterocycles. The summed E-state index contributed by atoms with van der Waals surface area (Å²) in [5.41, 5.74) is 1.25. The Balaban J connectivity index is 2.21. The van der Waals surface area contributed by atoms with E-state index in [9.17, 15) is 0 Å². The maximum Gasteiger partial charge on any atom is 0.0500 e. The molecule has 0 amide bonds. The first-order valence-electron chi connectivity index (χ1n) is 7.24. The predicted molar refractivity (Wildman–Crippen MR) is 89.4 cm³/mol. The first-order valence-corrected chi connectivity index (χ1v) is 8.80. The highest BCUT2D eigenvalue weighted by Gasteiger charge is 2.25. The molecule has 1 N–H and O–H groups in total. The molecule has 0 bridgehead atoms. The molecule has 2 rings (SSSR count). The van der Waals surface area contributed by atoms with E-state index in [4.69, 9.17) is 11.6 Å². The molecule has 0 spiro atoms. The highest BCUT2D eigenvalue weighted by Crippen LogP contribution is 2.29. The summed E-state index contributed by atoms with van der Waals surface area (Å²) in [6.07, 6.45) is 2.14. The number of piperazine rings is 1. The minimum absolute atomic E-state index is 0.373. The van der Waals surface area contributed by atoms with Crippen molar-refractivity contribution in [1.29, 1.82) is 0 Å². The van der Waals surface area contributed by atoms with Gasteiger partial charge in [-0.15, -0.1) is 0 Å². The molecule has 1 aromatic carbocycles. The number of halogens is 1. The number of hydrogen-bond acceptors (Lipinski definition) is 4. The summed E-state index contributed by atoms with van der Waals surface area (Å²) in [5.74, 6) is 0. The van der Waals surface area contributed by atoms with Crippen molar-refractivity contribution in [3.05, 3.63) is 34.9 Å². The van der Waals surface area contributed by atoms with Crippen LogP contribution in [0, 0.1) is 0 Å². The van der Waals surface area contributed by atoms with E-state index in [1.165, 1.54) is 5.56 Å². The Bertz CT molecular complexity index is 406. The van der Waals surface area contributed by atoms with Gasteiger partial charge < -0.3 is 5.32 Å². The van der Waals surface area contributed by atoms with Gasteiger partial charge in [0.1, 0.15) is 0 Å². The summed E-state index contributed by atoms with van der Waals surface area (Å²) in [7, 11) is 0. The van der Waals surface area contributed by atoms with Crippen LogP contribution in [0.1, 0.15) is 18.5 Å². The second-order valence-electron chi connectivity index (χ2n) is 4.99. The fourth-order valence-electron chi connectivity index (χ4n) is 2.68. The molecule has 1 fully saturated rings. The third kappa shape index (κ3) is 4.12. The molecule has 5 heteroatoms. The first-order chi connectivity index (χ1) is 9.76. The summed E-state index contributed by atoms with van der Waals surface area (Å²) in [6.45, 7) is 8.57. The van der Waals surface area contributed by atoms with Gasteiger partial charge in [-0.25, -0.2) is 4.31 Å². The van der Waals surface area contributed by atoms with Gasteiger partial charge in [0.25, 0.3) is 0 Å². The monoisotopic (exact) mass is 313 g/mol. The van der Waals surface area contributed by atoms with Gasteiger partial charge in [-0.2, -0.15) is 0 Å². The molecule has 0 radical (unpaired) electrons. The number of nitrogens with one attached hydrogen (secondary N) is 1. The average Bonchev–Trinajstić information content (AvgIpc) is 2.51. The molecule has 1 atom stereocenters. The standard InChI is InChI=1S/C15H24ClN3S/c1-3-19(20-2)12-15(18-10-8-17-9-11-18)13-6-4-5-7-14(13)16/h4-7,15,17H,3,8-12H2,1-2H3. The number of benzene rings is 1. The van der Waals surface area contributed by atoms with E-state index in [0.29, 0.717) is 6.04 Å². The lowest BCUT2D eigenvalue weighted by atomic mass is 10.0. The summed E-state index contributed by atoms with van der Waals surface area (Å²) in [5, 5.41) is 4.31. The van der Waals surface area contributed by atoms with Gasteiger partial charge >= 0.3 is 0 Å². The van der Waals surface area contributed by atoms with Crippen LogP contribution in [0.25, 0.3) is 0 Å². The fraction of sp³-hybridized carbons (Fsp3) is 0.600. The zero-order valence-electron chi connectivity index (χ0n) is 12.3. The topological polar surface area (TPSA) is 18.5 Å². The van der Waals surface area contributed by atoms with Crippen molar-refractivity contribution in [1.82, 2.24) is 14.5 Å². The van der Waals surface area contributed by atoms with Crippen LogP contribution in [-0.4, -0.2) is 54.7 Å². The third-order valence-corrected chi connectivity index (χ3v) is 5.11. The highest BCUT2D eigenvalue weighted by atomic mass is 35.5. The Morgan fingerprint density at radius 2 is 2.05 bits per heavy atom. The molecule has 1 aromatic rings. The van der Waals surface area contributed by atoms with E-state index in [0.717, 1.165) is 44.3 Å². The second-order valence-corrected chi connectivity index (χ2v) is 6.28. The molecule has 0 aliphatic carbocycles. The molecule has 1 unspecified atom stereocenters. The van der Waals surface area contributed by atoms with Crippen molar-refractivity contribution in [3.63, 3.8) is 0 Å². The molecular formula is C15H24ClN3S. The van der Waals surface area contributed by atoms with E-state index in [1.54, 1.807) is 0 Å². The van der Waals surface area contributed by atoms with Gasteiger partial charge in [0.05, 0.1) is 0 Å². The van der Waals surface area contributed by atoms with Gasteiger partial charge in [0.2, 0.25) is 0 Å². The lowest BCUT2D eigenvalue weighted by Crippen LogP contribution is -2.47. The Morgan fingerprint density at radius 3 is 2.65 bits per heavy atom. The Morgan fingerprint density at radius 1 is 1.35 bits per heavy atom. The number of likely N-dealkylation sites (N-methyl/N-ethyl adjacent to an activating group) is 1. The van der Waals surface area contributed by atoms with Gasteiger partial charge in [-0.05, 0) is 17.9 Å². The summed E-state index contributed by atoms with van der Waals surface area (Å²) in [6, 6.07) is 8.64. The number of hydrogen-bond donors (Lipinski definition) is 1. The molecule has 112 valence electrons. The van der Waals surface area contributed by atoms with Crippen LogP contribution in [0.2, 0.25) is 5.02 Å². The first kappa shape index (κ1) is 16.1. The van der Waals surface area contributed by atoms with Gasteiger partial charge in [-0.3, -0.25) is 4.90 Å². The molecular weight excluding hydrogens is 290 g/mol. The summed E-state index contributed by atoms with van der Waals surface area (Å²) in [4.78, 5) is 2.55. The lowest BCUT2D eigenvalue weighted by molar-refractivity contribution is 0.156. The van der Waals surface area contributed by atoms with Crippen molar-refractivity contribution in [3.8, 4) is 0 Å². The van der Waals surface area contributed by atoms with Crippen LogP contribution in [0.4, 0.5) is 0 Å². The maximum atomic E-state index is 6.44. The van der Waals surface area contributed by atoms with Crippen molar-refractivity contribution in [2.24, 2.45) is 0 Å². The quantitative estimate of drug-likeness (QED) is 0.814. The minimum atomic E-state index is 0.373. The molecule has 0 aromatic heterocycles. The predicted octanol–water partition coefficient (Wildman–Crippen LogP) is 2.89. The molecule has 20 heavy (non-hydrogen) atoms. The van der Waals surface area contributed by atoms with Gasteiger partial charge in [-0.1, -0.05) is 48.7 Å². The molecule has 0 saturated carbocycles. The van der Waals surface area contributed by atoms with Crippen molar-refractivity contribution in [2.75, 3.05) is 45.5 Å². The molecule has 3 nitrogen and oxygen atoms in total. The molecule has 1 saturated heterocycles. The van der Waals surface area contributed by atoms with Crippen molar-refractivity contribution < 1.29 is 0 Å². The lowest BCUT2D eigenvalue weighted by Gasteiger charge is -2.37. The Kier molecular flexibility index (Phi) is 6.65. The van der Waals surface area contributed by atoms with Crippen LogP contribution in [0.15, 0.2) is 24.3 Å². The normalized spacial score (nSPS) is 18.4. The highest BCUT2D eigenvalue weighted by molar-refractivity contribution is 7.96. The van der Waals surface area contributed by atoms with E-state index in [-0.39, 0.29) is 0 Å². The largest absolute Gasteiger partial charge is 0.314 e. The smallest absolute Gasteiger partial charge is 0.0500 e. The number of rotatable bonds is 6. The minimum Gasteiger partial charge on any atom is -0.314 e. The SMILES string of the molecule is CCN(CC(c1ccccc1Cl)N1CCNCC1)SC. The fourth-order valence-corrected chi connectivity index (χ4v) is 3.49. The van der Waals surface area contributed by atoms with Crippen LogP contribution in [-0.2, 0) is 0 Å². The van der Waals surface area contributed by atoms with Crippen LogP contribution < -0.4 is 5.32 Å². The van der Waals surface area contributed by atoms with Crippen LogP contribution in [0.5, 0.6) is 0 Å². The van der Waals surface area contributed by atoms with Gasteiger partial charge in [0, 0.05) is 50.3 Å². The van der Waals surface area contributed by atoms with E-state index < -0.39 is 0 Å². The summed E-state index contributed by atoms with van der Waals surface area (Å²) < 4.78 is 2.40. The average molecular weight is 314 g/mol. The van der Waals surface area contributed by atoms with Crippen molar-refractivity contribution in [2.45, 2.75) is 13.0 Å². The van der Waals surface area contributed by atoms with E-state index in [1.807, 2.05) is 24.1 Å². The van der Waals surface area contributed by atoms with Crippen molar-refractivity contribution >= 4 is 23.5 Å². The Hall–Kier alpha value is -0.260. The second kappa shape index (κ2) is 8.25. The molecule has 1 aliphatic heterocycles. The third-order valence-electron chi connectivity index (χ3n) is 3.84. The number of nitrogens with zero attached hydrogens (tertiary/aromatic N) is 2. The summed E-state index contributed by atoms with van der Waals surface area (Å²) >= 11 is 8.25. The Labute approximate surface area is 131 Å². The van der Waals surface area contributed by atoms with E-state index in [2.05, 4.69) is 39.8 Å². The van der Waals surface area contributed by atoms with Crippen LogP contribution in [0.3, 0.4) is 0 Å². The van der Waals surface area contributed by atoms with Crippen LogP contribution >= 0.6 is 23.5 Å². The maximum absolute atomic E-state index is 6.44. The van der Waals surface area contributed by atoms with E-state index >= 15 is 0 Å². The van der Waals surface area contributed by atoms with Gasteiger partial charge in [0.15, 0.2) is 0 Å².